The minimum absolute atomic E-state index is 0.0848. The van der Waals surface area contributed by atoms with Crippen molar-refractivity contribution < 1.29 is 22.7 Å². The highest BCUT2D eigenvalue weighted by Gasteiger charge is 2.33. The first kappa shape index (κ1) is 30.7. The monoisotopic (exact) mass is 565 g/mol. The van der Waals surface area contributed by atoms with Gasteiger partial charge in [0.15, 0.2) is 0 Å². The van der Waals surface area contributed by atoms with Gasteiger partial charge in [-0.3, -0.25) is 13.9 Å². The summed E-state index contributed by atoms with van der Waals surface area (Å²) in [6.45, 7) is 9.44. The molecule has 1 atom stereocenters. The maximum Gasteiger partial charge on any atom is 0.264 e. The molecule has 0 aliphatic rings. The van der Waals surface area contributed by atoms with Crippen LogP contribution in [0.2, 0.25) is 0 Å². The minimum atomic E-state index is -4.11. The summed E-state index contributed by atoms with van der Waals surface area (Å²) in [7, 11) is -2.53. The fourth-order valence-electron chi connectivity index (χ4n) is 4.39. The standard InChI is InChI=1S/C31H39N3O5S/c1-7-29(31(36)32-8-2)33(20-25-12-15-27(39-6)16-13-25)30(35)21-34(26-14-11-23(4)24(5)19-26)40(37,38)28-17-9-22(3)10-18-28/h9-19,29H,7-8,20-21H2,1-6H3,(H,32,36)/t29-/m0/s1. The van der Waals surface area contributed by atoms with Crippen LogP contribution in [0.25, 0.3) is 0 Å². The summed E-state index contributed by atoms with van der Waals surface area (Å²) in [5.41, 5.74) is 4.00. The number of hydrogen-bond donors (Lipinski definition) is 1. The molecule has 0 aromatic heterocycles. The van der Waals surface area contributed by atoms with Crippen molar-refractivity contribution >= 4 is 27.5 Å². The average molecular weight is 566 g/mol. The topological polar surface area (TPSA) is 96.0 Å². The number of likely N-dealkylation sites (N-methyl/N-ethyl adjacent to an activating group) is 1. The van der Waals surface area contributed by atoms with E-state index in [1.165, 1.54) is 4.90 Å². The van der Waals surface area contributed by atoms with Crippen LogP contribution in [0, 0.1) is 20.8 Å². The van der Waals surface area contributed by atoms with Crippen molar-refractivity contribution in [2.45, 2.75) is 58.5 Å². The molecule has 3 aromatic rings. The SMILES string of the molecule is CCNC(=O)[C@H](CC)N(Cc1ccc(OC)cc1)C(=O)CN(c1ccc(C)c(C)c1)S(=O)(=O)c1ccc(C)cc1. The van der Waals surface area contributed by atoms with Crippen LogP contribution in [0.5, 0.6) is 5.75 Å². The molecule has 0 aliphatic heterocycles. The van der Waals surface area contributed by atoms with Gasteiger partial charge >= 0.3 is 0 Å². The third kappa shape index (κ3) is 7.21. The molecule has 0 heterocycles. The quantitative estimate of drug-likeness (QED) is 0.342. The number of hydrogen-bond acceptors (Lipinski definition) is 5. The van der Waals surface area contributed by atoms with E-state index in [1.54, 1.807) is 55.6 Å². The van der Waals surface area contributed by atoms with Gasteiger partial charge in [0.05, 0.1) is 17.7 Å². The zero-order valence-electron chi connectivity index (χ0n) is 24.1. The van der Waals surface area contributed by atoms with E-state index in [0.29, 0.717) is 24.4 Å². The van der Waals surface area contributed by atoms with E-state index in [4.69, 9.17) is 4.74 Å². The summed E-state index contributed by atoms with van der Waals surface area (Å²) in [6.07, 6.45) is 0.363. The first-order valence-electron chi connectivity index (χ1n) is 13.4. The number of sulfonamides is 1. The number of anilines is 1. The summed E-state index contributed by atoms with van der Waals surface area (Å²) in [6, 6.07) is 18.3. The van der Waals surface area contributed by atoms with Gasteiger partial charge in [-0.25, -0.2) is 8.42 Å². The molecule has 2 amide bonds. The summed E-state index contributed by atoms with van der Waals surface area (Å²) in [4.78, 5) is 28.7. The molecule has 0 spiro atoms. The molecule has 214 valence electrons. The first-order chi connectivity index (χ1) is 19.0. The zero-order chi connectivity index (χ0) is 29.4. The van der Waals surface area contributed by atoms with Crippen LogP contribution in [0.1, 0.15) is 42.5 Å². The van der Waals surface area contributed by atoms with Crippen LogP contribution in [-0.4, -0.2) is 51.4 Å². The van der Waals surface area contributed by atoms with E-state index >= 15 is 0 Å². The van der Waals surface area contributed by atoms with E-state index in [0.717, 1.165) is 26.6 Å². The molecule has 9 heteroatoms. The maximum atomic E-state index is 14.1. The number of nitrogens with zero attached hydrogens (tertiary/aromatic N) is 2. The van der Waals surface area contributed by atoms with E-state index in [1.807, 2.05) is 52.8 Å². The van der Waals surface area contributed by atoms with E-state index in [2.05, 4.69) is 5.32 Å². The van der Waals surface area contributed by atoms with Crippen molar-refractivity contribution in [3.8, 4) is 5.75 Å². The summed E-state index contributed by atoms with van der Waals surface area (Å²) >= 11 is 0. The minimum Gasteiger partial charge on any atom is -0.497 e. The Morgan fingerprint density at radius 3 is 2.10 bits per heavy atom. The summed E-state index contributed by atoms with van der Waals surface area (Å²) in [5.74, 6) is -0.101. The van der Waals surface area contributed by atoms with E-state index < -0.39 is 28.5 Å². The third-order valence-electron chi connectivity index (χ3n) is 6.92. The molecule has 0 fully saturated rings. The molecule has 3 aromatic carbocycles. The van der Waals surface area contributed by atoms with Crippen LogP contribution in [0.15, 0.2) is 71.6 Å². The highest BCUT2D eigenvalue weighted by atomic mass is 32.2. The lowest BCUT2D eigenvalue weighted by Gasteiger charge is -2.33. The lowest BCUT2D eigenvalue weighted by molar-refractivity contribution is -0.140. The Morgan fingerprint density at radius 2 is 1.55 bits per heavy atom. The average Bonchev–Trinajstić information content (AvgIpc) is 2.93. The first-order valence-corrected chi connectivity index (χ1v) is 14.8. The van der Waals surface area contributed by atoms with Crippen molar-refractivity contribution in [1.82, 2.24) is 10.2 Å². The number of rotatable bonds is 12. The normalized spacial score (nSPS) is 11.9. The van der Waals surface area contributed by atoms with Crippen LogP contribution >= 0.6 is 0 Å². The van der Waals surface area contributed by atoms with Crippen LogP contribution < -0.4 is 14.4 Å². The van der Waals surface area contributed by atoms with Gasteiger partial charge in [0.25, 0.3) is 10.0 Å². The molecule has 0 saturated heterocycles. The van der Waals surface area contributed by atoms with Crippen molar-refractivity contribution in [3.05, 3.63) is 89.0 Å². The molecular weight excluding hydrogens is 526 g/mol. The van der Waals surface area contributed by atoms with Gasteiger partial charge in [-0.15, -0.1) is 0 Å². The number of aryl methyl sites for hydroxylation is 3. The van der Waals surface area contributed by atoms with Crippen LogP contribution in [0.4, 0.5) is 5.69 Å². The Bertz CT molecular complexity index is 1420. The lowest BCUT2D eigenvalue weighted by Crippen LogP contribution is -2.52. The molecule has 0 unspecified atom stereocenters. The van der Waals surface area contributed by atoms with Gasteiger partial charge in [-0.05, 0) is 87.2 Å². The third-order valence-corrected chi connectivity index (χ3v) is 8.70. The number of amides is 2. The molecule has 3 rings (SSSR count). The molecule has 40 heavy (non-hydrogen) atoms. The van der Waals surface area contributed by atoms with E-state index in [9.17, 15) is 18.0 Å². The second-order valence-corrected chi connectivity index (χ2v) is 11.6. The number of nitrogens with one attached hydrogen (secondary N) is 1. The second-order valence-electron chi connectivity index (χ2n) is 9.78. The highest BCUT2D eigenvalue weighted by Crippen LogP contribution is 2.27. The van der Waals surface area contributed by atoms with Gasteiger partial charge in [0.1, 0.15) is 18.3 Å². The van der Waals surface area contributed by atoms with Crippen molar-refractivity contribution in [1.29, 1.82) is 0 Å². The van der Waals surface area contributed by atoms with Crippen LogP contribution in [-0.2, 0) is 26.2 Å². The van der Waals surface area contributed by atoms with E-state index in [-0.39, 0.29) is 17.3 Å². The molecular formula is C31H39N3O5S. The Hall–Kier alpha value is -3.85. The molecule has 0 bridgehead atoms. The van der Waals surface area contributed by atoms with Gasteiger partial charge in [-0.1, -0.05) is 42.8 Å². The molecule has 8 nitrogen and oxygen atoms in total. The Labute approximate surface area is 238 Å². The number of methoxy groups -OCH3 is 1. The van der Waals surface area contributed by atoms with Crippen LogP contribution in [0.3, 0.4) is 0 Å². The van der Waals surface area contributed by atoms with Gasteiger partial charge in [-0.2, -0.15) is 0 Å². The predicted molar refractivity (Wildman–Crippen MR) is 158 cm³/mol. The summed E-state index contributed by atoms with van der Waals surface area (Å²) < 4.78 is 34.3. The zero-order valence-corrected chi connectivity index (χ0v) is 24.9. The molecule has 0 aliphatic carbocycles. The summed E-state index contributed by atoms with van der Waals surface area (Å²) in [5, 5.41) is 2.81. The second kappa shape index (κ2) is 13.5. The maximum absolute atomic E-state index is 14.1. The Morgan fingerprint density at radius 1 is 0.900 bits per heavy atom. The Balaban J connectivity index is 2.07. The highest BCUT2D eigenvalue weighted by molar-refractivity contribution is 7.92. The molecule has 1 N–H and O–H groups in total. The van der Waals surface area contributed by atoms with Crippen molar-refractivity contribution in [2.24, 2.45) is 0 Å². The number of carbonyl (C=O) groups excluding carboxylic acids is 2. The molecule has 0 saturated carbocycles. The Kier molecular flexibility index (Phi) is 10.3. The predicted octanol–water partition coefficient (Wildman–Crippen LogP) is 4.76. The van der Waals surface area contributed by atoms with Gasteiger partial charge in [0, 0.05) is 13.1 Å². The van der Waals surface area contributed by atoms with Crippen molar-refractivity contribution in [3.63, 3.8) is 0 Å². The van der Waals surface area contributed by atoms with Gasteiger partial charge in [0.2, 0.25) is 11.8 Å². The smallest absolute Gasteiger partial charge is 0.264 e. The number of ether oxygens (including phenoxy) is 1. The largest absolute Gasteiger partial charge is 0.497 e. The number of benzene rings is 3. The fraction of sp³-hybridized carbons (Fsp3) is 0.355. The lowest BCUT2D eigenvalue weighted by atomic mass is 10.1. The molecule has 0 radical (unpaired) electrons. The van der Waals surface area contributed by atoms with Gasteiger partial charge < -0.3 is 15.0 Å². The fourth-order valence-corrected chi connectivity index (χ4v) is 5.79. The van der Waals surface area contributed by atoms with Crippen molar-refractivity contribution in [2.75, 3.05) is 24.5 Å². The number of carbonyl (C=O) groups is 2.